The highest BCUT2D eigenvalue weighted by Crippen LogP contribution is 2.53. The Morgan fingerprint density at radius 2 is 1.58 bits per heavy atom. The Labute approximate surface area is 264 Å². The normalized spacial score (nSPS) is 19.9. The molecule has 0 spiro atoms. The van der Waals surface area contributed by atoms with Crippen LogP contribution < -0.4 is 0 Å². The maximum atomic E-state index is 15.0. The Morgan fingerprint density at radius 1 is 0.956 bits per heavy atom. The number of halogens is 5. The van der Waals surface area contributed by atoms with Gasteiger partial charge < -0.3 is 9.53 Å². The number of hydrogen-bond acceptors (Lipinski definition) is 3. The van der Waals surface area contributed by atoms with Crippen LogP contribution in [0.3, 0.4) is 0 Å². The van der Waals surface area contributed by atoms with Gasteiger partial charge in [0.2, 0.25) is 0 Å². The second-order valence-corrected chi connectivity index (χ2v) is 19.9. The molecule has 2 aliphatic carbocycles. The van der Waals surface area contributed by atoms with Gasteiger partial charge in [0.1, 0.15) is 6.10 Å². The Morgan fingerprint density at radius 3 is 2.13 bits per heavy atom. The van der Waals surface area contributed by atoms with Crippen molar-refractivity contribution in [2.24, 2.45) is 5.41 Å². The number of nitrogens with zero attached hydrogens (tertiary/aromatic N) is 1. The fraction of sp³-hybridized carbons (Fsp3) is 0.528. The molecular formula is C36H44F5NO2Si. The SMILES string of the molecule is CC1(C)Cc2nc(C3CCCC3)c([C@H](O)c3ccc(C(F)(F)F)cc3)c(-c3ccc(F)c(F)c3)c2[C@@H](O[Si](C)(C)C(C)(C)C)C1. The molecule has 1 fully saturated rings. The van der Waals surface area contributed by atoms with Crippen LogP contribution in [0.5, 0.6) is 0 Å². The van der Waals surface area contributed by atoms with Gasteiger partial charge in [-0.3, -0.25) is 4.98 Å². The summed E-state index contributed by atoms with van der Waals surface area (Å²) in [6.45, 7) is 15.2. The summed E-state index contributed by atoms with van der Waals surface area (Å²) in [4.78, 5) is 5.29. The number of pyridine rings is 1. The van der Waals surface area contributed by atoms with Crippen LogP contribution in [-0.4, -0.2) is 18.4 Å². The van der Waals surface area contributed by atoms with Gasteiger partial charge in [-0.2, -0.15) is 13.2 Å². The van der Waals surface area contributed by atoms with Gasteiger partial charge in [-0.05, 0) is 90.2 Å². The second-order valence-electron chi connectivity index (χ2n) is 15.2. The van der Waals surface area contributed by atoms with Gasteiger partial charge in [0, 0.05) is 22.7 Å². The molecule has 1 heterocycles. The zero-order valence-electron chi connectivity index (χ0n) is 27.2. The van der Waals surface area contributed by atoms with Crippen LogP contribution in [0.15, 0.2) is 42.5 Å². The lowest BCUT2D eigenvalue weighted by Crippen LogP contribution is -2.44. The first-order chi connectivity index (χ1) is 20.8. The lowest BCUT2D eigenvalue weighted by molar-refractivity contribution is -0.137. The zero-order valence-corrected chi connectivity index (χ0v) is 28.2. The Hall–Kier alpha value is -2.62. The number of rotatable bonds is 6. The first-order valence-electron chi connectivity index (χ1n) is 15.8. The predicted molar refractivity (Wildman–Crippen MR) is 169 cm³/mol. The minimum Gasteiger partial charge on any atom is -0.410 e. The fourth-order valence-corrected chi connectivity index (χ4v) is 7.96. The van der Waals surface area contributed by atoms with Crippen LogP contribution in [0.2, 0.25) is 18.1 Å². The molecule has 2 aliphatic rings. The quantitative estimate of drug-likeness (QED) is 0.214. The van der Waals surface area contributed by atoms with Gasteiger partial charge in [0.15, 0.2) is 20.0 Å². The highest BCUT2D eigenvalue weighted by molar-refractivity contribution is 6.74. The standard InChI is InChI=1S/C36H44F5NO2Si/c1-34(2,3)45(6,7)44-28-20-35(4,5)19-27-30(28)29(23-14-17-25(37)26(38)18-23)31(32(42-27)21-10-8-9-11-21)33(43)22-12-15-24(16-13-22)36(39,40)41/h12-18,21,28,33,43H,8-11,19-20H2,1-7H3/t28-,33+/m0/s1. The molecule has 2 atom stereocenters. The largest absolute Gasteiger partial charge is 0.416 e. The average molecular weight is 646 g/mol. The molecule has 1 N–H and O–H groups in total. The summed E-state index contributed by atoms with van der Waals surface area (Å²) in [5.74, 6) is -1.99. The van der Waals surface area contributed by atoms with Crippen molar-refractivity contribution in [3.8, 4) is 11.1 Å². The van der Waals surface area contributed by atoms with Crippen LogP contribution in [0.25, 0.3) is 11.1 Å². The Balaban J connectivity index is 1.84. The topological polar surface area (TPSA) is 42.4 Å². The van der Waals surface area contributed by atoms with Gasteiger partial charge in [0.05, 0.1) is 17.4 Å². The van der Waals surface area contributed by atoms with E-state index < -0.39 is 43.9 Å². The van der Waals surface area contributed by atoms with Crippen molar-refractivity contribution in [1.82, 2.24) is 4.98 Å². The van der Waals surface area contributed by atoms with E-state index in [1.54, 1.807) is 0 Å². The number of aromatic nitrogens is 1. The molecule has 1 saturated carbocycles. The van der Waals surface area contributed by atoms with Crippen molar-refractivity contribution in [1.29, 1.82) is 0 Å². The zero-order chi connectivity index (χ0) is 33.1. The molecule has 3 aromatic rings. The molecule has 5 rings (SSSR count). The number of alkyl halides is 3. The van der Waals surface area contributed by atoms with Crippen LogP contribution in [0.4, 0.5) is 22.0 Å². The Bertz CT molecular complexity index is 1550. The molecule has 0 unspecified atom stereocenters. The van der Waals surface area contributed by atoms with E-state index in [1.807, 2.05) is 0 Å². The monoisotopic (exact) mass is 645 g/mol. The van der Waals surface area contributed by atoms with E-state index in [0.29, 0.717) is 35.2 Å². The van der Waals surface area contributed by atoms with E-state index in [-0.39, 0.29) is 21.9 Å². The van der Waals surface area contributed by atoms with Gasteiger partial charge in [-0.25, -0.2) is 8.78 Å². The summed E-state index contributed by atoms with van der Waals surface area (Å²) in [5, 5.41) is 12.0. The van der Waals surface area contributed by atoms with Crippen molar-refractivity contribution in [2.45, 2.75) is 116 Å². The highest BCUT2D eigenvalue weighted by Gasteiger charge is 2.45. The molecule has 45 heavy (non-hydrogen) atoms. The molecule has 0 aliphatic heterocycles. The first kappa shape index (κ1) is 33.7. The van der Waals surface area contributed by atoms with E-state index in [1.165, 1.54) is 18.2 Å². The average Bonchev–Trinajstić information content (AvgIpc) is 3.46. The summed E-state index contributed by atoms with van der Waals surface area (Å²) in [5.41, 5.74) is 2.92. The van der Waals surface area contributed by atoms with Gasteiger partial charge >= 0.3 is 6.18 Å². The van der Waals surface area contributed by atoms with E-state index >= 15 is 0 Å². The van der Waals surface area contributed by atoms with E-state index in [9.17, 15) is 27.1 Å². The third-order valence-corrected chi connectivity index (χ3v) is 14.6. The fourth-order valence-electron chi connectivity index (χ4n) is 6.70. The minimum atomic E-state index is -4.52. The molecule has 0 amide bonds. The van der Waals surface area contributed by atoms with Crippen molar-refractivity contribution < 1.29 is 31.5 Å². The molecule has 0 bridgehead atoms. The van der Waals surface area contributed by atoms with Crippen molar-refractivity contribution in [3.05, 3.63) is 87.7 Å². The first-order valence-corrected chi connectivity index (χ1v) is 18.7. The summed E-state index contributed by atoms with van der Waals surface area (Å²) in [7, 11) is -2.37. The number of benzene rings is 2. The molecule has 244 valence electrons. The van der Waals surface area contributed by atoms with Crippen LogP contribution in [-0.2, 0) is 17.0 Å². The van der Waals surface area contributed by atoms with Crippen LogP contribution in [0.1, 0.15) is 118 Å². The van der Waals surface area contributed by atoms with E-state index in [2.05, 4.69) is 47.7 Å². The highest BCUT2D eigenvalue weighted by atomic mass is 28.4. The van der Waals surface area contributed by atoms with Crippen molar-refractivity contribution in [2.75, 3.05) is 0 Å². The molecule has 3 nitrogen and oxygen atoms in total. The number of aliphatic hydroxyl groups excluding tert-OH is 1. The summed E-state index contributed by atoms with van der Waals surface area (Å²) in [6, 6.07) is 8.23. The molecule has 0 saturated heterocycles. The third-order valence-electron chi connectivity index (χ3n) is 10.1. The van der Waals surface area contributed by atoms with Crippen LogP contribution >= 0.6 is 0 Å². The minimum absolute atomic E-state index is 0.0169. The smallest absolute Gasteiger partial charge is 0.410 e. The maximum Gasteiger partial charge on any atom is 0.416 e. The Kier molecular flexibility index (Phi) is 8.90. The van der Waals surface area contributed by atoms with Gasteiger partial charge in [-0.1, -0.05) is 65.7 Å². The lowest BCUT2D eigenvalue weighted by Gasteiger charge is -2.45. The number of aliphatic hydroxyl groups is 1. The predicted octanol–water partition coefficient (Wildman–Crippen LogP) is 10.8. The van der Waals surface area contributed by atoms with Gasteiger partial charge in [0.25, 0.3) is 0 Å². The molecule has 0 radical (unpaired) electrons. The van der Waals surface area contributed by atoms with Crippen molar-refractivity contribution in [3.63, 3.8) is 0 Å². The molecule has 2 aromatic carbocycles. The van der Waals surface area contributed by atoms with Crippen LogP contribution in [0, 0.1) is 17.0 Å². The third kappa shape index (κ3) is 6.77. The maximum absolute atomic E-state index is 15.0. The van der Waals surface area contributed by atoms with E-state index in [4.69, 9.17) is 9.41 Å². The molecule has 1 aromatic heterocycles. The van der Waals surface area contributed by atoms with Gasteiger partial charge in [-0.15, -0.1) is 0 Å². The summed E-state index contributed by atoms with van der Waals surface area (Å²) in [6.07, 6.45) is -1.35. The number of fused-ring (bicyclic) bond motifs is 1. The summed E-state index contributed by atoms with van der Waals surface area (Å²) < 4.78 is 76.7. The lowest BCUT2D eigenvalue weighted by atomic mass is 9.71. The molecular weight excluding hydrogens is 601 g/mol. The second kappa shape index (κ2) is 11.9. The molecule has 9 heteroatoms. The number of hydrogen-bond donors (Lipinski definition) is 1. The summed E-state index contributed by atoms with van der Waals surface area (Å²) >= 11 is 0. The van der Waals surface area contributed by atoms with E-state index in [0.717, 1.165) is 61.2 Å². The van der Waals surface area contributed by atoms with Crippen molar-refractivity contribution >= 4 is 8.32 Å².